The minimum atomic E-state index is -0.245. The third-order valence-electron chi connectivity index (χ3n) is 3.94. The molecule has 0 radical (unpaired) electrons. The molecule has 0 amide bonds. The molecule has 0 aromatic heterocycles. The molecule has 0 bridgehead atoms. The third-order valence-corrected chi connectivity index (χ3v) is 3.94. The lowest BCUT2D eigenvalue weighted by molar-refractivity contribution is 0.301. The van der Waals surface area contributed by atoms with Gasteiger partial charge in [0.25, 0.3) is 0 Å². The molecule has 2 N–H and O–H groups in total. The molecule has 0 saturated heterocycles. The third kappa shape index (κ3) is 4.57. The summed E-state index contributed by atoms with van der Waals surface area (Å²) in [4.78, 5) is 0. The lowest BCUT2D eigenvalue weighted by Gasteiger charge is -2.18. The molecule has 0 spiro atoms. The van der Waals surface area contributed by atoms with E-state index in [4.69, 9.17) is 10.5 Å². The van der Waals surface area contributed by atoms with Crippen molar-refractivity contribution in [1.29, 1.82) is 0 Å². The van der Waals surface area contributed by atoms with E-state index in [0.717, 1.165) is 12.8 Å². The van der Waals surface area contributed by atoms with Gasteiger partial charge in [-0.05, 0) is 74.5 Å². The van der Waals surface area contributed by atoms with Crippen LogP contribution < -0.4 is 10.5 Å². The molecule has 2 aromatic rings. The first-order valence-electron chi connectivity index (χ1n) is 7.75. The first-order chi connectivity index (χ1) is 10.6. The number of benzene rings is 2. The molecule has 2 nitrogen and oxygen atoms in total. The van der Waals surface area contributed by atoms with E-state index >= 15 is 0 Å². The van der Waals surface area contributed by atoms with E-state index in [0.29, 0.717) is 24.8 Å². The average Bonchev–Trinajstić information content (AvgIpc) is 2.52. The van der Waals surface area contributed by atoms with Crippen molar-refractivity contribution in [1.82, 2.24) is 0 Å². The summed E-state index contributed by atoms with van der Waals surface area (Å²) in [5, 5.41) is 0. The van der Waals surface area contributed by atoms with Crippen molar-refractivity contribution in [2.24, 2.45) is 5.73 Å². The Morgan fingerprint density at radius 1 is 1.09 bits per heavy atom. The van der Waals surface area contributed by atoms with E-state index in [-0.39, 0.29) is 5.82 Å². The smallest absolute Gasteiger partial charge is 0.123 e. The second-order valence-corrected chi connectivity index (χ2v) is 5.74. The van der Waals surface area contributed by atoms with Gasteiger partial charge < -0.3 is 10.5 Å². The highest BCUT2D eigenvalue weighted by molar-refractivity contribution is 5.33. The molecule has 2 rings (SSSR count). The highest BCUT2D eigenvalue weighted by Crippen LogP contribution is 2.25. The summed E-state index contributed by atoms with van der Waals surface area (Å²) in [5.41, 5.74) is 9.85. The van der Waals surface area contributed by atoms with Crippen molar-refractivity contribution < 1.29 is 9.13 Å². The maximum atomic E-state index is 12.8. The Kier molecular flexibility index (Phi) is 5.96. The summed E-state index contributed by atoms with van der Waals surface area (Å²) < 4.78 is 18.5. The molecule has 0 heterocycles. The lowest BCUT2D eigenvalue weighted by Crippen LogP contribution is -2.15. The Morgan fingerprint density at radius 3 is 2.50 bits per heavy atom. The van der Waals surface area contributed by atoms with E-state index in [1.54, 1.807) is 12.1 Å². The van der Waals surface area contributed by atoms with Crippen LogP contribution >= 0.6 is 0 Å². The largest absolute Gasteiger partial charge is 0.494 e. The van der Waals surface area contributed by atoms with Gasteiger partial charge in [-0.15, -0.1) is 0 Å². The van der Waals surface area contributed by atoms with Crippen LogP contribution in [-0.2, 0) is 0 Å². The molecule has 0 aliphatic carbocycles. The van der Waals surface area contributed by atoms with Crippen LogP contribution in [0.1, 0.15) is 35.4 Å². The summed E-state index contributed by atoms with van der Waals surface area (Å²) in [7, 11) is 0. The molecule has 0 aliphatic rings. The van der Waals surface area contributed by atoms with Gasteiger partial charge in [-0.3, -0.25) is 0 Å². The fraction of sp³-hybridized carbons (Fsp3) is 0.368. The van der Waals surface area contributed by atoms with Gasteiger partial charge in [-0.2, -0.15) is 0 Å². The molecule has 0 saturated carbocycles. The quantitative estimate of drug-likeness (QED) is 0.772. The number of halogens is 1. The second kappa shape index (κ2) is 7.95. The molecular formula is C19H24FNO. The van der Waals surface area contributed by atoms with Crippen LogP contribution in [0.5, 0.6) is 5.75 Å². The highest BCUT2D eigenvalue weighted by Gasteiger charge is 2.12. The normalized spacial score (nSPS) is 12.2. The van der Waals surface area contributed by atoms with Gasteiger partial charge in [0.2, 0.25) is 0 Å². The van der Waals surface area contributed by atoms with Gasteiger partial charge in [0, 0.05) is 0 Å². The maximum Gasteiger partial charge on any atom is 0.123 e. The van der Waals surface area contributed by atoms with Crippen LogP contribution in [0, 0.1) is 19.7 Å². The van der Waals surface area contributed by atoms with E-state index in [9.17, 15) is 4.39 Å². The maximum absolute atomic E-state index is 12.8. The van der Waals surface area contributed by atoms with Crippen molar-refractivity contribution in [3.05, 3.63) is 65.0 Å². The van der Waals surface area contributed by atoms with Crippen molar-refractivity contribution in [3.8, 4) is 5.75 Å². The number of nitrogens with two attached hydrogens (primary N) is 1. The molecule has 1 unspecified atom stereocenters. The summed E-state index contributed by atoms with van der Waals surface area (Å²) in [6.07, 6.45) is 1.91. The van der Waals surface area contributed by atoms with Crippen LogP contribution in [0.3, 0.4) is 0 Å². The fourth-order valence-corrected chi connectivity index (χ4v) is 2.65. The topological polar surface area (TPSA) is 35.2 Å². The Morgan fingerprint density at radius 2 is 1.82 bits per heavy atom. The molecule has 22 heavy (non-hydrogen) atoms. The zero-order valence-electron chi connectivity index (χ0n) is 13.3. The zero-order chi connectivity index (χ0) is 15.9. The summed E-state index contributed by atoms with van der Waals surface area (Å²) >= 11 is 0. The Balaban J connectivity index is 1.86. The number of ether oxygens (including phenoxy) is 1. The van der Waals surface area contributed by atoms with Crippen molar-refractivity contribution >= 4 is 0 Å². The number of aryl methyl sites for hydroxylation is 2. The SMILES string of the molecule is Cc1ccc(C)c(C(CN)CCCOc2ccc(F)cc2)c1. The number of rotatable bonds is 7. The van der Waals surface area contributed by atoms with E-state index in [1.807, 2.05) is 0 Å². The number of hydrogen-bond donors (Lipinski definition) is 1. The zero-order valence-corrected chi connectivity index (χ0v) is 13.3. The Hall–Kier alpha value is -1.87. The monoisotopic (exact) mass is 301 g/mol. The second-order valence-electron chi connectivity index (χ2n) is 5.74. The van der Waals surface area contributed by atoms with E-state index < -0.39 is 0 Å². The first-order valence-corrected chi connectivity index (χ1v) is 7.75. The van der Waals surface area contributed by atoms with Gasteiger partial charge in [0.1, 0.15) is 11.6 Å². The van der Waals surface area contributed by atoms with Crippen LogP contribution in [-0.4, -0.2) is 13.2 Å². The minimum absolute atomic E-state index is 0.245. The van der Waals surface area contributed by atoms with Crippen LogP contribution in [0.2, 0.25) is 0 Å². The highest BCUT2D eigenvalue weighted by atomic mass is 19.1. The molecule has 3 heteroatoms. The van der Waals surface area contributed by atoms with Crippen molar-refractivity contribution in [3.63, 3.8) is 0 Å². The predicted octanol–water partition coefficient (Wildman–Crippen LogP) is 4.34. The van der Waals surface area contributed by atoms with Gasteiger partial charge >= 0.3 is 0 Å². The molecule has 118 valence electrons. The average molecular weight is 301 g/mol. The van der Waals surface area contributed by atoms with Crippen LogP contribution in [0.4, 0.5) is 4.39 Å². The molecule has 0 aliphatic heterocycles. The summed E-state index contributed by atoms with van der Waals surface area (Å²) in [5.74, 6) is 0.819. The fourth-order valence-electron chi connectivity index (χ4n) is 2.65. The van der Waals surface area contributed by atoms with Gasteiger partial charge in [0.05, 0.1) is 6.61 Å². The Bertz CT molecular complexity index is 595. The molecule has 1 atom stereocenters. The summed E-state index contributed by atoms with van der Waals surface area (Å²) in [6, 6.07) is 12.6. The molecule has 2 aromatic carbocycles. The van der Waals surface area contributed by atoms with Crippen molar-refractivity contribution in [2.45, 2.75) is 32.6 Å². The van der Waals surface area contributed by atoms with E-state index in [1.165, 1.54) is 28.8 Å². The first kappa shape index (κ1) is 16.5. The van der Waals surface area contributed by atoms with E-state index in [2.05, 4.69) is 32.0 Å². The molecule has 0 fully saturated rings. The Labute approximate surface area is 132 Å². The summed E-state index contributed by atoms with van der Waals surface area (Å²) in [6.45, 7) is 5.49. The number of hydrogen-bond acceptors (Lipinski definition) is 2. The van der Waals surface area contributed by atoms with Gasteiger partial charge in [-0.25, -0.2) is 4.39 Å². The standard InChI is InChI=1S/C19H24FNO/c1-14-5-6-15(2)19(12-14)16(13-21)4-3-11-22-18-9-7-17(20)8-10-18/h5-10,12,16H,3-4,11,13,21H2,1-2H3. The lowest BCUT2D eigenvalue weighted by atomic mass is 9.90. The minimum Gasteiger partial charge on any atom is -0.494 e. The van der Waals surface area contributed by atoms with Gasteiger partial charge in [-0.1, -0.05) is 23.8 Å². The van der Waals surface area contributed by atoms with Gasteiger partial charge in [0.15, 0.2) is 0 Å². The van der Waals surface area contributed by atoms with Crippen molar-refractivity contribution in [2.75, 3.05) is 13.2 Å². The van der Waals surface area contributed by atoms with Crippen LogP contribution in [0.15, 0.2) is 42.5 Å². The molecular weight excluding hydrogens is 277 g/mol. The van der Waals surface area contributed by atoms with Crippen LogP contribution in [0.25, 0.3) is 0 Å². The predicted molar refractivity (Wildman–Crippen MR) is 88.8 cm³/mol.